The summed E-state index contributed by atoms with van der Waals surface area (Å²) in [5, 5.41) is 0. The molecule has 8 heteroatoms. The molecule has 2 atom stereocenters. The summed E-state index contributed by atoms with van der Waals surface area (Å²) < 4.78 is 1.81. The fraction of sp³-hybridized carbons (Fsp3) is 0.438. The summed E-state index contributed by atoms with van der Waals surface area (Å²) in [5.41, 5.74) is 6.60. The fourth-order valence-corrected chi connectivity index (χ4v) is 2.87. The normalized spacial score (nSPS) is 18.2. The van der Waals surface area contributed by atoms with Gasteiger partial charge in [0, 0.05) is 37.7 Å². The molecule has 1 aliphatic rings. The first-order valence-electron chi connectivity index (χ1n) is 7.64. The number of halogens is 2. The number of hydrogen-bond acceptors (Lipinski definition) is 4. The van der Waals surface area contributed by atoms with Gasteiger partial charge in [0.2, 0.25) is 0 Å². The van der Waals surface area contributed by atoms with Crippen LogP contribution >= 0.6 is 24.8 Å². The Bertz CT molecular complexity index is 630. The number of imidazole rings is 1. The van der Waals surface area contributed by atoms with Crippen molar-refractivity contribution >= 4 is 30.7 Å². The maximum Gasteiger partial charge on any atom is 0.255 e. The first-order valence-corrected chi connectivity index (χ1v) is 7.64. The monoisotopic (exact) mass is 371 g/mol. The lowest BCUT2D eigenvalue weighted by atomic mass is 9.92. The molecule has 132 valence electrons. The van der Waals surface area contributed by atoms with Gasteiger partial charge >= 0.3 is 0 Å². The Labute approximate surface area is 154 Å². The van der Waals surface area contributed by atoms with Crippen molar-refractivity contribution in [3.63, 3.8) is 0 Å². The summed E-state index contributed by atoms with van der Waals surface area (Å²) in [5.74, 6) is 1.17. The molecule has 1 aliphatic heterocycles. The molecule has 2 N–H and O–H groups in total. The van der Waals surface area contributed by atoms with E-state index in [0.717, 1.165) is 31.7 Å². The van der Waals surface area contributed by atoms with Crippen molar-refractivity contribution < 1.29 is 4.79 Å². The molecule has 3 rings (SSSR count). The van der Waals surface area contributed by atoms with E-state index in [-0.39, 0.29) is 36.8 Å². The molecule has 0 spiro atoms. The second-order valence-corrected chi connectivity index (χ2v) is 5.89. The zero-order valence-corrected chi connectivity index (χ0v) is 15.2. The predicted molar refractivity (Wildman–Crippen MR) is 98.1 cm³/mol. The molecule has 2 aromatic rings. The number of nitrogens with two attached hydrogens (primary N) is 1. The third-order valence-electron chi connectivity index (χ3n) is 4.25. The zero-order chi connectivity index (χ0) is 15.5. The zero-order valence-electron chi connectivity index (χ0n) is 13.5. The second-order valence-electron chi connectivity index (χ2n) is 5.89. The van der Waals surface area contributed by atoms with Crippen LogP contribution in [0.4, 0.5) is 0 Å². The average molecular weight is 372 g/mol. The van der Waals surface area contributed by atoms with Crippen LogP contribution < -0.4 is 5.73 Å². The van der Waals surface area contributed by atoms with E-state index in [2.05, 4.69) is 9.97 Å². The Morgan fingerprint density at radius 3 is 2.75 bits per heavy atom. The summed E-state index contributed by atoms with van der Waals surface area (Å²) in [6.07, 6.45) is 8.94. The molecule has 2 unspecified atom stereocenters. The third kappa shape index (κ3) is 4.47. The van der Waals surface area contributed by atoms with E-state index in [1.807, 2.05) is 30.2 Å². The Hall–Kier alpha value is -1.63. The number of aromatic nitrogens is 3. The lowest BCUT2D eigenvalue weighted by molar-refractivity contribution is 0.0660. The molecule has 24 heavy (non-hydrogen) atoms. The lowest BCUT2D eigenvalue weighted by Crippen LogP contribution is -2.45. The maximum atomic E-state index is 12.6. The molecule has 0 bridgehead atoms. The number of carbonyl (C=O) groups is 1. The van der Waals surface area contributed by atoms with Crippen molar-refractivity contribution in [3.05, 3.63) is 42.6 Å². The number of carbonyl (C=O) groups excluding carboxylic acids is 1. The van der Waals surface area contributed by atoms with E-state index in [4.69, 9.17) is 5.73 Å². The van der Waals surface area contributed by atoms with Gasteiger partial charge in [-0.05, 0) is 37.8 Å². The smallest absolute Gasteiger partial charge is 0.255 e. The first-order chi connectivity index (χ1) is 10.6. The van der Waals surface area contributed by atoms with Gasteiger partial charge in [0.25, 0.3) is 5.91 Å². The average Bonchev–Trinajstić information content (AvgIpc) is 3.09. The van der Waals surface area contributed by atoms with Gasteiger partial charge in [-0.25, -0.2) is 9.97 Å². The molecule has 1 fully saturated rings. The number of nitrogens with zero attached hydrogens (tertiary/aromatic N) is 4. The van der Waals surface area contributed by atoms with Crippen LogP contribution in [-0.4, -0.2) is 44.5 Å². The topological polar surface area (TPSA) is 77.0 Å². The minimum absolute atomic E-state index is 0. The van der Waals surface area contributed by atoms with Gasteiger partial charge in [-0.15, -0.1) is 24.8 Å². The van der Waals surface area contributed by atoms with Crippen molar-refractivity contribution in [2.45, 2.75) is 25.8 Å². The Morgan fingerprint density at radius 2 is 2.17 bits per heavy atom. The minimum atomic E-state index is 0. The standard InChI is InChI=1S/C16H21N5O.2ClH/c1-12(17)14-3-2-7-20(10-14)16(22)13-4-5-15(19-9-13)21-8-6-18-11-21;;/h4-6,8-9,11-12,14H,2-3,7,10,17H2,1H3;2*1H. The maximum absolute atomic E-state index is 12.6. The Balaban J connectivity index is 0.00000144. The van der Waals surface area contributed by atoms with Gasteiger partial charge in [0.05, 0.1) is 5.56 Å². The van der Waals surface area contributed by atoms with Gasteiger partial charge < -0.3 is 10.6 Å². The van der Waals surface area contributed by atoms with Crippen LogP contribution in [0, 0.1) is 5.92 Å². The highest BCUT2D eigenvalue weighted by atomic mass is 35.5. The van der Waals surface area contributed by atoms with Crippen LogP contribution in [0.5, 0.6) is 0 Å². The van der Waals surface area contributed by atoms with Crippen LogP contribution in [0.3, 0.4) is 0 Å². The number of piperidine rings is 1. The van der Waals surface area contributed by atoms with Crippen molar-refractivity contribution in [2.24, 2.45) is 11.7 Å². The van der Waals surface area contributed by atoms with E-state index >= 15 is 0 Å². The van der Waals surface area contributed by atoms with Crippen LogP contribution in [0.1, 0.15) is 30.1 Å². The van der Waals surface area contributed by atoms with Crippen molar-refractivity contribution in [3.8, 4) is 5.82 Å². The predicted octanol–water partition coefficient (Wildman–Crippen LogP) is 2.31. The highest BCUT2D eigenvalue weighted by molar-refractivity contribution is 5.94. The van der Waals surface area contributed by atoms with Crippen LogP contribution in [0.25, 0.3) is 5.82 Å². The van der Waals surface area contributed by atoms with E-state index in [1.54, 1.807) is 23.3 Å². The number of pyridine rings is 1. The fourth-order valence-electron chi connectivity index (χ4n) is 2.87. The highest BCUT2D eigenvalue weighted by Crippen LogP contribution is 2.20. The highest BCUT2D eigenvalue weighted by Gasteiger charge is 2.26. The molecule has 0 saturated carbocycles. The Morgan fingerprint density at radius 1 is 1.38 bits per heavy atom. The summed E-state index contributed by atoms with van der Waals surface area (Å²) in [6, 6.07) is 3.78. The summed E-state index contributed by atoms with van der Waals surface area (Å²) in [7, 11) is 0. The molecular formula is C16H23Cl2N5O. The molecule has 0 aliphatic carbocycles. The molecule has 2 aromatic heterocycles. The molecule has 6 nitrogen and oxygen atoms in total. The molecule has 0 aromatic carbocycles. The number of hydrogen-bond donors (Lipinski definition) is 1. The van der Waals surface area contributed by atoms with Crippen LogP contribution in [0.2, 0.25) is 0 Å². The van der Waals surface area contributed by atoms with E-state index in [0.29, 0.717) is 11.5 Å². The van der Waals surface area contributed by atoms with Gasteiger partial charge in [-0.3, -0.25) is 9.36 Å². The van der Waals surface area contributed by atoms with Gasteiger partial charge in [0.15, 0.2) is 0 Å². The molecule has 3 heterocycles. The van der Waals surface area contributed by atoms with Crippen LogP contribution in [0.15, 0.2) is 37.1 Å². The van der Waals surface area contributed by atoms with E-state index < -0.39 is 0 Å². The van der Waals surface area contributed by atoms with Crippen molar-refractivity contribution in [1.82, 2.24) is 19.4 Å². The number of amides is 1. The minimum Gasteiger partial charge on any atom is -0.338 e. The van der Waals surface area contributed by atoms with E-state index in [1.165, 1.54) is 0 Å². The SMILES string of the molecule is CC(N)C1CCCN(C(=O)c2ccc(-n3ccnc3)nc2)C1.Cl.Cl. The number of rotatable bonds is 3. The summed E-state index contributed by atoms with van der Waals surface area (Å²) in [4.78, 5) is 22.8. The second kappa shape index (κ2) is 9.01. The molecule has 0 radical (unpaired) electrons. The molecule has 1 amide bonds. The molecule has 1 saturated heterocycles. The molecular weight excluding hydrogens is 349 g/mol. The van der Waals surface area contributed by atoms with Gasteiger partial charge in [0.1, 0.15) is 12.1 Å². The van der Waals surface area contributed by atoms with E-state index in [9.17, 15) is 4.79 Å². The van der Waals surface area contributed by atoms with Gasteiger partial charge in [-0.2, -0.15) is 0 Å². The Kier molecular flexibility index (Phi) is 7.66. The third-order valence-corrected chi connectivity index (χ3v) is 4.25. The first kappa shape index (κ1) is 20.4. The van der Waals surface area contributed by atoms with Gasteiger partial charge in [-0.1, -0.05) is 0 Å². The summed E-state index contributed by atoms with van der Waals surface area (Å²) in [6.45, 7) is 3.55. The summed E-state index contributed by atoms with van der Waals surface area (Å²) >= 11 is 0. The van der Waals surface area contributed by atoms with Crippen molar-refractivity contribution in [1.29, 1.82) is 0 Å². The number of likely N-dealkylation sites (tertiary alicyclic amines) is 1. The lowest BCUT2D eigenvalue weighted by Gasteiger charge is -2.34. The quantitative estimate of drug-likeness (QED) is 0.897. The van der Waals surface area contributed by atoms with Crippen LogP contribution in [-0.2, 0) is 0 Å². The largest absolute Gasteiger partial charge is 0.338 e. The van der Waals surface area contributed by atoms with Crippen molar-refractivity contribution in [2.75, 3.05) is 13.1 Å².